The summed E-state index contributed by atoms with van der Waals surface area (Å²) < 4.78 is 4.91. The quantitative estimate of drug-likeness (QED) is 0.514. The van der Waals surface area contributed by atoms with Crippen molar-refractivity contribution in [2.24, 2.45) is 0 Å². The molecule has 1 atom stereocenters. The van der Waals surface area contributed by atoms with E-state index in [0.717, 1.165) is 0 Å². The Kier molecular flexibility index (Phi) is 4.31. The van der Waals surface area contributed by atoms with Crippen molar-refractivity contribution in [3.8, 4) is 0 Å². The number of alkyl halides is 1. The van der Waals surface area contributed by atoms with Crippen molar-refractivity contribution >= 4 is 28.2 Å². The first-order valence-electron chi connectivity index (χ1n) is 5.80. The van der Waals surface area contributed by atoms with E-state index in [0.29, 0.717) is 11.1 Å². The Morgan fingerprint density at radius 3 is 2.95 bits per heavy atom. The van der Waals surface area contributed by atoms with Crippen LogP contribution in [0.25, 0.3) is 10.9 Å². The van der Waals surface area contributed by atoms with Crippen LogP contribution < -0.4 is 5.56 Å². The highest BCUT2D eigenvalue weighted by Gasteiger charge is 2.19. The molecule has 7 nitrogen and oxygen atoms in total. The summed E-state index contributed by atoms with van der Waals surface area (Å²) in [7, 11) is 1.51. The number of nitrogens with one attached hydrogen (secondary N) is 1. The smallest absolute Gasteiger partial charge is 0.273 e. The lowest BCUT2D eigenvalue weighted by Gasteiger charge is -2.09. The maximum atomic E-state index is 11.6. The second kappa shape index (κ2) is 5.98. The van der Waals surface area contributed by atoms with Gasteiger partial charge in [-0.15, -0.1) is 11.6 Å². The molecule has 0 spiro atoms. The molecule has 2 rings (SSSR count). The maximum absolute atomic E-state index is 11.6. The Morgan fingerprint density at radius 1 is 1.55 bits per heavy atom. The van der Waals surface area contributed by atoms with E-state index in [1.54, 1.807) is 0 Å². The number of aromatic nitrogens is 2. The molecule has 0 aliphatic rings. The van der Waals surface area contributed by atoms with Crippen LogP contribution in [0.2, 0.25) is 0 Å². The lowest BCUT2D eigenvalue weighted by Crippen LogP contribution is -2.13. The van der Waals surface area contributed by atoms with Gasteiger partial charge in [-0.25, -0.2) is 4.98 Å². The highest BCUT2D eigenvalue weighted by Crippen LogP contribution is 2.25. The molecule has 106 valence electrons. The monoisotopic (exact) mass is 297 g/mol. The molecular weight excluding hydrogens is 286 g/mol. The van der Waals surface area contributed by atoms with Gasteiger partial charge in [0.15, 0.2) is 0 Å². The van der Waals surface area contributed by atoms with Gasteiger partial charge >= 0.3 is 0 Å². The molecule has 0 aliphatic carbocycles. The van der Waals surface area contributed by atoms with E-state index >= 15 is 0 Å². The van der Waals surface area contributed by atoms with E-state index in [1.807, 2.05) is 0 Å². The minimum absolute atomic E-state index is 0.141. The number of aromatic amines is 1. The number of ether oxygens (including phenoxy) is 1. The number of hydrogen-bond acceptors (Lipinski definition) is 5. The molecule has 0 fully saturated rings. The number of nitro benzene ring substituents is 1. The Labute approximate surface area is 118 Å². The molecule has 1 N–H and O–H groups in total. The normalized spacial score (nSPS) is 12.5. The first-order valence-corrected chi connectivity index (χ1v) is 6.24. The summed E-state index contributed by atoms with van der Waals surface area (Å²) in [4.78, 5) is 28.6. The number of H-pyrrole nitrogens is 1. The van der Waals surface area contributed by atoms with Crippen molar-refractivity contribution in [2.75, 3.05) is 13.7 Å². The van der Waals surface area contributed by atoms with Crippen molar-refractivity contribution in [1.29, 1.82) is 0 Å². The van der Waals surface area contributed by atoms with Gasteiger partial charge in [0.1, 0.15) is 0 Å². The summed E-state index contributed by atoms with van der Waals surface area (Å²) in [6, 6.07) is 2.75. The predicted molar refractivity (Wildman–Crippen MR) is 74.2 cm³/mol. The van der Waals surface area contributed by atoms with Gasteiger partial charge in [0.25, 0.3) is 11.2 Å². The Bertz CT molecular complexity index is 701. The molecule has 0 saturated heterocycles. The molecule has 0 amide bonds. The summed E-state index contributed by atoms with van der Waals surface area (Å²) in [5.41, 5.74) is 0.273. The minimum Gasteiger partial charge on any atom is -0.383 e. The number of fused-ring (bicyclic) bond motifs is 1. The maximum Gasteiger partial charge on any atom is 0.273 e. The standard InChI is InChI=1S/C12H12ClN3O4/c1-20-5-8(13)2-7-3-10-9(4-11(7)16(18)19)12(17)15-6-14-10/h3-4,6,8H,2,5H2,1H3,(H,14,15,17). The lowest BCUT2D eigenvalue weighted by molar-refractivity contribution is -0.385. The van der Waals surface area contributed by atoms with Crippen molar-refractivity contribution in [2.45, 2.75) is 11.8 Å². The van der Waals surface area contributed by atoms with Crippen molar-refractivity contribution in [1.82, 2.24) is 9.97 Å². The van der Waals surface area contributed by atoms with Gasteiger partial charge in [0.2, 0.25) is 0 Å². The van der Waals surface area contributed by atoms with Crippen LogP contribution in [0.4, 0.5) is 5.69 Å². The van der Waals surface area contributed by atoms with E-state index in [4.69, 9.17) is 16.3 Å². The van der Waals surface area contributed by atoms with Crippen LogP contribution in [0.3, 0.4) is 0 Å². The number of benzene rings is 1. The molecule has 0 saturated carbocycles. The van der Waals surface area contributed by atoms with Crippen molar-refractivity contribution in [3.05, 3.63) is 44.5 Å². The highest BCUT2D eigenvalue weighted by molar-refractivity contribution is 6.20. The molecule has 2 aromatic rings. The average Bonchev–Trinajstić information content (AvgIpc) is 2.38. The Morgan fingerprint density at radius 2 is 2.30 bits per heavy atom. The zero-order chi connectivity index (χ0) is 14.7. The van der Waals surface area contributed by atoms with Gasteiger partial charge in [0, 0.05) is 18.7 Å². The molecule has 20 heavy (non-hydrogen) atoms. The molecule has 1 aromatic carbocycles. The van der Waals surface area contributed by atoms with Crippen LogP contribution >= 0.6 is 11.6 Å². The van der Waals surface area contributed by atoms with Crippen LogP contribution in [0, 0.1) is 10.1 Å². The molecule has 1 aromatic heterocycles. The number of methoxy groups -OCH3 is 1. The van der Waals surface area contributed by atoms with Crippen molar-refractivity contribution in [3.63, 3.8) is 0 Å². The second-order valence-corrected chi connectivity index (χ2v) is 4.86. The van der Waals surface area contributed by atoms with E-state index in [9.17, 15) is 14.9 Å². The Balaban J connectivity index is 2.54. The number of rotatable bonds is 5. The fourth-order valence-electron chi connectivity index (χ4n) is 1.96. The third kappa shape index (κ3) is 2.94. The van der Waals surface area contributed by atoms with Gasteiger partial charge in [0.05, 0.1) is 34.1 Å². The topological polar surface area (TPSA) is 98.1 Å². The van der Waals surface area contributed by atoms with E-state index in [2.05, 4.69) is 9.97 Å². The summed E-state index contributed by atoms with van der Waals surface area (Å²) in [5, 5.41) is 10.9. The largest absolute Gasteiger partial charge is 0.383 e. The van der Waals surface area contributed by atoms with Gasteiger partial charge in [-0.3, -0.25) is 14.9 Å². The van der Waals surface area contributed by atoms with Crippen LogP contribution in [-0.2, 0) is 11.2 Å². The molecule has 0 aliphatic heterocycles. The fraction of sp³-hybridized carbons (Fsp3) is 0.333. The number of nitro groups is 1. The summed E-state index contributed by atoms with van der Waals surface area (Å²) in [6.45, 7) is 0.277. The third-order valence-corrected chi connectivity index (χ3v) is 3.11. The molecule has 0 bridgehead atoms. The predicted octanol–water partition coefficient (Wildman–Crippen LogP) is 1.63. The van der Waals surface area contributed by atoms with Crippen LogP contribution in [0.5, 0.6) is 0 Å². The third-order valence-electron chi connectivity index (χ3n) is 2.83. The van der Waals surface area contributed by atoms with Crippen molar-refractivity contribution < 1.29 is 9.66 Å². The summed E-state index contributed by atoms with van der Waals surface area (Å²) in [5.74, 6) is 0. The van der Waals surface area contributed by atoms with Crippen LogP contribution in [-0.4, -0.2) is 34.0 Å². The summed E-state index contributed by atoms with van der Waals surface area (Å²) >= 11 is 6.04. The summed E-state index contributed by atoms with van der Waals surface area (Å²) in [6.07, 6.45) is 1.52. The van der Waals surface area contributed by atoms with E-state index < -0.39 is 15.9 Å². The average molecular weight is 298 g/mol. The van der Waals surface area contributed by atoms with Crippen LogP contribution in [0.15, 0.2) is 23.3 Å². The molecule has 8 heteroatoms. The number of nitrogens with zero attached hydrogens (tertiary/aromatic N) is 2. The van der Waals surface area contributed by atoms with Crippen LogP contribution in [0.1, 0.15) is 5.56 Å². The van der Waals surface area contributed by atoms with Gasteiger partial charge in [-0.2, -0.15) is 0 Å². The highest BCUT2D eigenvalue weighted by atomic mass is 35.5. The van der Waals surface area contributed by atoms with Gasteiger partial charge in [-0.1, -0.05) is 0 Å². The minimum atomic E-state index is -0.530. The number of halogens is 1. The molecular formula is C12H12ClN3O4. The lowest BCUT2D eigenvalue weighted by atomic mass is 10.0. The number of hydrogen-bond donors (Lipinski definition) is 1. The first kappa shape index (κ1) is 14.4. The zero-order valence-corrected chi connectivity index (χ0v) is 11.4. The second-order valence-electron chi connectivity index (χ2n) is 4.24. The Hall–Kier alpha value is -1.99. The van der Waals surface area contributed by atoms with Gasteiger partial charge in [-0.05, 0) is 12.5 Å². The SMILES string of the molecule is COCC(Cl)Cc1cc2nc[nH]c(=O)c2cc1[N+](=O)[O-]. The van der Waals surface area contributed by atoms with Gasteiger partial charge < -0.3 is 9.72 Å². The zero-order valence-electron chi connectivity index (χ0n) is 10.6. The van der Waals surface area contributed by atoms with E-state index in [-0.39, 0.29) is 24.1 Å². The molecule has 1 unspecified atom stereocenters. The molecule has 1 heterocycles. The molecule has 0 radical (unpaired) electrons. The van der Waals surface area contributed by atoms with E-state index in [1.165, 1.54) is 25.6 Å². The fourth-order valence-corrected chi connectivity index (χ4v) is 2.25. The first-order chi connectivity index (χ1) is 9.52.